The Morgan fingerprint density at radius 2 is 1.66 bits per heavy atom. The van der Waals surface area contributed by atoms with Gasteiger partial charge in [-0.2, -0.15) is 0 Å². The molecule has 1 aliphatic carbocycles. The number of rotatable bonds is 14. The molecule has 0 amide bonds. The van der Waals surface area contributed by atoms with Crippen LogP contribution in [0.5, 0.6) is 0 Å². The Morgan fingerprint density at radius 1 is 0.927 bits per heavy atom. The van der Waals surface area contributed by atoms with Gasteiger partial charge in [0.1, 0.15) is 5.82 Å². The number of benzene rings is 3. The second-order valence-corrected chi connectivity index (χ2v) is 12.0. The first kappa shape index (κ1) is 30.9. The first-order valence-electron chi connectivity index (χ1n) is 15.1. The van der Waals surface area contributed by atoms with Gasteiger partial charge in [0.25, 0.3) is 5.92 Å². The van der Waals surface area contributed by atoms with E-state index >= 15 is 0 Å². The van der Waals surface area contributed by atoms with Gasteiger partial charge >= 0.3 is 0 Å². The lowest BCUT2D eigenvalue weighted by Gasteiger charge is -2.37. The second kappa shape index (κ2) is 13.7. The van der Waals surface area contributed by atoms with Gasteiger partial charge in [0.05, 0.1) is 0 Å². The molecule has 0 aromatic heterocycles. The molecule has 0 heterocycles. The maximum atomic E-state index is 14.0. The van der Waals surface area contributed by atoms with E-state index in [1.807, 2.05) is 6.07 Å². The van der Waals surface area contributed by atoms with Crippen LogP contribution < -0.4 is 10.6 Å². The monoisotopic (exact) mass is 562 g/mol. The highest BCUT2D eigenvalue weighted by Crippen LogP contribution is 2.37. The highest BCUT2D eigenvalue weighted by Gasteiger charge is 2.31. The molecule has 2 N–H and O–H groups in total. The minimum absolute atomic E-state index is 0.0235. The van der Waals surface area contributed by atoms with Crippen LogP contribution in [0.25, 0.3) is 11.1 Å². The Labute approximate surface area is 244 Å². The summed E-state index contributed by atoms with van der Waals surface area (Å²) in [6.07, 6.45) is 10.8. The van der Waals surface area contributed by atoms with Crippen molar-refractivity contribution in [2.45, 2.75) is 90.0 Å². The van der Waals surface area contributed by atoms with Gasteiger partial charge in [-0.3, -0.25) is 0 Å². The summed E-state index contributed by atoms with van der Waals surface area (Å²) in [5.41, 5.74) is 4.94. The lowest BCUT2D eigenvalue weighted by molar-refractivity contribution is 0.0175. The van der Waals surface area contributed by atoms with Crippen LogP contribution in [0.1, 0.15) is 88.3 Å². The largest absolute Gasteiger partial charge is 0.358 e. The molecule has 41 heavy (non-hydrogen) atoms. The number of hydrogen-bond donors (Lipinski definition) is 2. The fourth-order valence-electron chi connectivity index (χ4n) is 6.31. The number of alkyl halides is 2. The van der Waals surface area contributed by atoms with Gasteiger partial charge in [-0.15, -0.1) is 0 Å². The Morgan fingerprint density at radius 3 is 2.32 bits per heavy atom. The summed E-state index contributed by atoms with van der Waals surface area (Å²) in [6, 6.07) is 20.1. The zero-order valence-corrected chi connectivity index (χ0v) is 24.8. The molecule has 1 saturated carbocycles. The highest BCUT2D eigenvalue weighted by atomic mass is 19.3. The number of halogens is 3. The fourth-order valence-corrected chi connectivity index (χ4v) is 6.31. The molecule has 1 fully saturated rings. The van der Waals surface area contributed by atoms with Crippen molar-refractivity contribution < 1.29 is 13.2 Å². The minimum Gasteiger partial charge on any atom is -0.358 e. The molecule has 0 radical (unpaired) electrons. The van der Waals surface area contributed by atoms with Crippen LogP contribution in [-0.4, -0.2) is 6.54 Å². The van der Waals surface area contributed by atoms with E-state index < -0.39 is 5.92 Å². The molecule has 220 valence electrons. The summed E-state index contributed by atoms with van der Waals surface area (Å²) >= 11 is 0. The summed E-state index contributed by atoms with van der Waals surface area (Å²) < 4.78 is 41.7. The number of aryl methyl sites for hydroxylation is 1. The molecular formula is C36H45F3N2. The van der Waals surface area contributed by atoms with Crippen LogP contribution in [0.15, 0.2) is 79.0 Å². The van der Waals surface area contributed by atoms with Crippen molar-refractivity contribution in [2.75, 3.05) is 11.9 Å². The highest BCUT2D eigenvalue weighted by molar-refractivity contribution is 5.65. The lowest BCUT2D eigenvalue weighted by Crippen LogP contribution is -2.44. The van der Waals surface area contributed by atoms with Crippen LogP contribution in [-0.2, 0) is 11.5 Å². The van der Waals surface area contributed by atoms with Crippen LogP contribution in [0, 0.1) is 18.7 Å². The van der Waals surface area contributed by atoms with Crippen LogP contribution in [0.4, 0.5) is 18.9 Å². The Kier molecular flexibility index (Phi) is 10.4. The van der Waals surface area contributed by atoms with E-state index in [4.69, 9.17) is 0 Å². The van der Waals surface area contributed by atoms with E-state index in [0.717, 1.165) is 61.0 Å². The van der Waals surface area contributed by atoms with Gasteiger partial charge < -0.3 is 10.6 Å². The van der Waals surface area contributed by atoms with Crippen LogP contribution in [0.3, 0.4) is 0 Å². The zero-order valence-electron chi connectivity index (χ0n) is 24.8. The van der Waals surface area contributed by atoms with E-state index in [1.54, 1.807) is 31.2 Å². The first-order chi connectivity index (χ1) is 19.6. The zero-order chi connectivity index (χ0) is 29.5. The topological polar surface area (TPSA) is 24.1 Å². The number of nitrogens with one attached hydrogen (secondary N) is 2. The predicted molar refractivity (Wildman–Crippen MR) is 166 cm³/mol. The van der Waals surface area contributed by atoms with Crippen molar-refractivity contribution in [1.29, 1.82) is 0 Å². The molecule has 1 atom stereocenters. The van der Waals surface area contributed by atoms with Crippen molar-refractivity contribution in [2.24, 2.45) is 5.92 Å². The second-order valence-electron chi connectivity index (χ2n) is 12.0. The molecular weight excluding hydrogens is 517 g/mol. The maximum absolute atomic E-state index is 14.0. The molecule has 1 aliphatic rings. The number of hydrogen-bond acceptors (Lipinski definition) is 2. The summed E-state index contributed by atoms with van der Waals surface area (Å²) in [5, 5.41) is 7.21. The third-order valence-corrected chi connectivity index (χ3v) is 8.63. The van der Waals surface area contributed by atoms with Gasteiger partial charge in [0.15, 0.2) is 0 Å². The Bertz CT molecular complexity index is 1290. The normalized spacial score (nSPS) is 15.6. The van der Waals surface area contributed by atoms with Gasteiger partial charge in [0, 0.05) is 36.0 Å². The summed E-state index contributed by atoms with van der Waals surface area (Å²) in [7, 11) is 0. The minimum atomic E-state index is -2.88. The molecule has 0 saturated heterocycles. The fraction of sp³-hybridized carbons (Fsp3) is 0.444. The molecule has 2 nitrogen and oxygen atoms in total. The van der Waals surface area contributed by atoms with Gasteiger partial charge in [-0.1, -0.05) is 101 Å². The van der Waals surface area contributed by atoms with E-state index in [1.165, 1.54) is 49.8 Å². The molecule has 0 aliphatic heterocycles. The van der Waals surface area contributed by atoms with Crippen molar-refractivity contribution in [3.05, 3.63) is 102 Å². The number of anilines is 1. The lowest BCUT2D eigenvalue weighted by atomic mass is 9.79. The molecule has 1 unspecified atom stereocenters. The van der Waals surface area contributed by atoms with Crippen molar-refractivity contribution in [3.63, 3.8) is 0 Å². The standard InChI is InChI=1S/C36H45F3N2/c1-5-21-36(22-9-12-28-10-6-7-11-28,40-25-27(3)41-33-19-20-34(37)26(2)23-33)31-17-15-29(16-18-31)30-13-8-14-32(24-30)35(4,38)39/h8,13-20,23-24,28,40-41H,3,5-7,9-12,21-22,25H2,1-2,4H3. The quantitative estimate of drug-likeness (QED) is 0.204. The summed E-state index contributed by atoms with van der Waals surface area (Å²) in [6.45, 7) is 9.73. The van der Waals surface area contributed by atoms with E-state index in [-0.39, 0.29) is 16.9 Å². The summed E-state index contributed by atoms with van der Waals surface area (Å²) in [4.78, 5) is 0. The summed E-state index contributed by atoms with van der Waals surface area (Å²) in [5.74, 6) is -2.26. The van der Waals surface area contributed by atoms with Gasteiger partial charge in [0.2, 0.25) is 0 Å². The van der Waals surface area contributed by atoms with Crippen molar-refractivity contribution >= 4 is 5.69 Å². The Balaban J connectivity index is 1.55. The average Bonchev–Trinajstić information content (AvgIpc) is 3.47. The molecule has 0 spiro atoms. The Hall–Kier alpha value is -3.05. The average molecular weight is 563 g/mol. The molecule has 3 aromatic rings. The van der Waals surface area contributed by atoms with Crippen LogP contribution >= 0.6 is 0 Å². The van der Waals surface area contributed by atoms with Crippen molar-refractivity contribution in [3.8, 4) is 11.1 Å². The van der Waals surface area contributed by atoms with Gasteiger partial charge in [-0.05, 0) is 72.2 Å². The molecule has 4 rings (SSSR count). The third-order valence-electron chi connectivity index (χ3n) is 8.63. The van der Waals surface area contributed by atoms with Gasteiger partial charge in [-0.25, -0.2) is 13.2 Å². The first-order valence-corrected chi connectivity index (χ1v) is 15.1. The predicted octanol–water partition coefficient (Wildman–Crippen LogP) is 10.5. The SMILES string of the molecule is C=C(CNC(CCC)(CCCC1CCCC1)c1ccc(-c2cccc(C(C)(F)F)c2)cc1)Nc1ccc(F)c(C)c1. The van der Waals surface area contributed by atoms with E-state index in [2.05, 4.69) is 48.4 Å². The molecule has 3 aromatic carbocycles. The smallest absolute Gasteiger partial charge is 0.270 e. The molecule has 5 heteroatoms. The van der Waals surface area contributed by atoms with E-state index in [0.29, 0.717) is 12.1 Å². The van der Waals surface area contributed by atoms with Crippen LogP contribution in [0.2, 0.25) is 0 Å². The van der Waals surface area contributed by atoms with Crippen molar-refractivity contribution in [1.82, 2.24) is 5.32 Å². The molecule has 0 bridgehead atoms. The maximum Gasteiger partial charge on any atom is 0.270 e. The van der Waals surface area contributed by atoms with E-state index in [9.17, 15) is 13.2 Å². The third kappa shape index (κ3) is 8.25.